The van der Waals surface area contributed by atoms with E-state index in [0.717, 1.165) is 4.90 Å². The second kappa shape index (κ2) is 6.29. The number of amides is 1. The molecule has 0 saturated carbocycles. The molecule has 0 saturated heterocycles. The number of aromatic nitrogens is 3. The monoisotopic (exact) mass is 344 g/mol. The summed E-state index contributed by atoms with van der Waals surface area (Å²) in [6.07, 6.45) is 1.82. The average molecular weight is 345 g/mol. The van der Waals surface area contributed by atoms with E-state index in [1.54, 1.807) is 43.5 Å². The van der Waals surface area contributed by atoms with E-state index in [0.29, 0.717) is 11.2 Å². The minimum Gasteiger partial charge on any atom is -0.465 e. The molecule has 1 amide bonds. The quantitative estimate of drug-likeness (QED) is 0.789. The maximum atomic E-state index is 13.0. The molecule has 0 unspecified atom stereocenters. The molecule has 1 N–H and O–H groups in total. The zero-order valence-electron chi connectivity index (χ0n) is 12.7. The van der Waals surface area contributed by atoms with Crippen molar-refractivity contribution in [3.8, 4) is 5.69 Å². The van der Waals surface area contributed by atoms with Crippen molar-refractivity contribution in [2.45, 2.75) is 6.92 Å². The van der Waals surface area contributed by atoms with E-state index >= 15 is 0 Å². The zero-order valence-corrected chi connectivity index (χ0v) is 13.4. The Bertz CT molecular complexity index is 972. The lowest BCUT2D eigenvalue weighted by atomic mass is 10.2. The van der Waals surface area contributed by atoms with Crippen LogP contribution in [0.3, 0.4) is 0 Å². The molecule has 1 aromatic carbocycles. The van der Waals surface area contributed by atoms with E-state index < -0.39 is 11.7 Å². The van der Waals surface area contributed by atoms with Gasteiger partial charge in [-0.05, 0) is 31.2 Å². The number of hydrogen-bond donors (Lipinski definition) is 1. The van der Waals surface area contributed by atoms with E-state index in [9.17, 15) is 14.7 Å². The van der Waals surface area contributed by atoms with Gasteiger partial charge in [0, 0.05) is 12.7 Å². The van der Waals surface area contributed by atoms with Crippen molar-refractivity contribution in [1.29, 1.82) is 0 Å². The summed E-state index contributed by atoms with van der Waals surface area (Å²) in [6.45, 7) is 1.80. The topological polar surface area (TPSA) is 88.3 Å². The van der Waals surface area contributed by atoms with Gasteiger partial charge >= 0.3 is 6.09 Å². The summed E-state index contributed by atoms with van der Waals surface area (Å²) in [5.74, 6) is -0.00207. The van der Waals surface area contributed by atoms with Crippen LogP contribution in [0.25, 0.3) is 16.6 Å². The first kappa shape index (κ1) is 15.9. The molecule has 0 aliphatic carbocycles. The van der Waals surface area contributed by atoms with Gasteiger partial charge in [0.1, 0.15) is 0 Å². The molecule has 2 aromatic heterocycles. The minimum atomic E-state index is -1.21. The van der Waals surface area contributed by atoms with Crippen molar-refractivity contribution in [3.05, 3.63) is 58.1 Å². The summed E-state index contributed by atoms with van der Waals surface area (Å²) in [4.78, 5) is 33.9. The van der Waals surface area contributed by atoms with Crippen LogP contribution >= 0.6 is 11.6 Å². The molecule has 0 aliphatic heterocycles. The summed E-state index contributed by atoms with van der Waals surface area (Å²) in [6, 6.07) is 8.17. The highest BCUT2D eigenvalue weighted by Gasteiger charge is 2.22. The maximum Gasteiger partial charge on any atom is 0.414 e. The second-order valence-electron chi connectivity index (χ2n) is 4.92. The van der Waals surface area contributed by atoms with Crippen LogP contribution in [-0.2, 0) is 0 Å². The molecule has 3 rings (SSSR count). The molecular formula is C16H13ClN4O3. The Kier molecular flexibility index (Phi) is 4.18. The Morgan fingerprint density at radius 2 is 2.12 bits per heavy atom. The Morgan fingerprint density at radius 3 is 2.75 bits per heavy atom. The molecule has 0 atom stereocenters. The van der Waals surface area contributed by atoms with Crippen molar-refractivity contribution >= 4 is 34.5 Å². The third kappa shape index (κ3) is 2.59. The highest BCUT2D eigenvalue weighted by Crippen LogP contribution is 2.23. The number of carbonyl (C=O) groups is 1. The molecule has 2 heterocycles. The van der Waals surface area contributed by atoms with Gasteiger partial charge in [0.05, 0.1) is 27.8 Å². The van der Waals surface area contributed by atoms with Crippen molar-refractivity contribution in [2.24, 2.45) is 0 Å². The Balaban J connectivity index is 2.46. The van der Waals surface area contributed by atoms with Gasteiger partial charge in [0.25, 0.3) is 5.56 Å². The number of rotatable bonds is 3. The number of anilines is 1. The van der Waals surface area contributed by atoms with E-state index in [1.807, 2.05) is 0 Å². The van der Waals surface area contributed by atoms with Gasteiger partial charge in [0.15, 0.2) is 0 Å². The van der Waals surface area contributed by atoms with Gasteiger partial charge in [-0.25, -0.2) is 19.2 Å². The lowest BCUT2D eigenvalue weighted by molar-refractivity contribution is 0.201. The van der Waals surface area contributed by atoms with Crippen LogP contribution in [0.4, 0.5) is 10.7 Å². The normalized spacial score (nSPS) is 10.8. The van der Waals surface area contributed by atoms with Crippen molar-refractivity contribution in [2.75, 3.05) is 11.4 Å². The van der Waals surface area contributed by atoms with E-state index in [4.69, 9.17) is 11.6 Å². The fourth-order valence-corrected chi connectivity index (χ4v) is 2.69. The molecule has 0 bridgehead atoms. The van der Waals surface area contributed by atoms with E-state index in [-0.39, 0.29) is 22.9 Å². The first-order valence-electron chi connectivity index (χ1n) is 7.16. The highest BCUT2D eigenvalue weighted by atomic mass is 35.5. The highest BCUT2D eigenvalue weighted by molar-refractivity contribution is 6.35. The smallest absolute Gasteiger partial charge is 0.414 e. The van der Waals surface area contributed by atoms with Crippen molar-refractivity contribution < 1.29 is 9.90 Å². The average Bonchev–Trinajstić information content (AvgIpc) is 2.56. The molecule has 8 heteroatoms. The lowest BCUT2D eigenvalue weighted by Gasteiger charge is -2.21. The summed E-state index contributed by atoms with van der Waals surface area (Å²) >= 11 is 6.15. The molecular weight excluding hydrogens is 332 g/mol. The molecule has 122 valence electrons. The number of benzene rings is 1. The lowest BCUT2D eigenvalue weighted by Crippen LogP contribution is -2.36. The Labute approximate surface area is 141 Å². The summed E-state index contributed by atoms with van der Waals surface area (Å²) < 4.78 is 1.21. The standard InChI is InChI=1S/C16H13ClN4O3/c1-2-20(16(23)24)15-19-12-7-3-6-11(17)13(12)14(22)21(15)10-5-4-8-18-9-10/h3-9H,2H2,1H3,(H,23,24). The zero-order chi connectivity index (χ0) is 17.3. The van der Waals surface area contributed by atoms with Crippen LogP contribution in [-0.4, -0.2) is 32.3 Å². The molecule has 0 spiro atoms. The number of fused-ring (bicyclic) bond motifs is 1. The van der Waals surface area contributed by atoms with Gasteiger partial charge in [-0.1, -0.05) is 17.7 Å². The summed E-state index contributed by atoms with van der Waals surface area (Å²) in [5.41, 5.74) is 0.294. The molecule has 0 aliphatic rings. The first-order chi connectivity index (χ1) is 11.5. The summed E-state index contributed by atoms with van der Waals surface area (Å²) in [7, 11) is 0. The predicted octanol–water partition coefficient (Wildman–Crippen LogP) is 2.94. The Morgan fingerprint density at radius 1 is 1.33 bits per heavy atom. The van der Waals surface area contributed by atoms with Gasteiger partial charge in [-0.15, -0.1) is 0 Å². The molecule has 3 aromatic rings. The third-order valence-electron chi connectivity index (χ3n) is 3.52. The number of halogens is 1. The van der Waals surface area contributed by atoms with E-state index in [1.165, 1.54) is 10.8 Å². The van der Waals surface area contributed by atoms with Gasteiger partial charge < -0.3 is 5.11 Å². The predicted molar refractivity (Wildman–Crippen MR) is 91.2 cm³/mol. The number of hydrogen-bond acceptors (Lipinski definition) is 4. The van der Waals surface area contributed by atoms with Crippen molar-refractivity contribution in [1.82, 2.24) is 14.5 Å². The number of nitrogens with zero attached hydrogens (tertiary/aromatic N) is 4. The molecule has 7 nitrogen and oxygen atoms in total. The van der Waals surface area contributed by atoms with Gasteiger partial charge in [-0.2, -0.15) is 0 Å². The van der Waals surface area contributed by atoms with Crippen LogP contribution in [0.2, 0.25) is 5.02 Å². The van der Waals surface area contributed by atoms with E-state index in [2.05, 4.69) is 9.97 Å². The van der Waals surface area contributed by atoms with Crippen LogP contribution in [0.15, 0.2) is 47.5 Å². The first-order valence-corrected chi connectivity index (χ1v) is 7.54. The van der Waals surface area contributed by atoms with Gasteiger partial charge in [0.2, 0.25) is 5.95 Å². The molecule has 0 fully saturated rings. The van der Waals surface area contributed by atoms with Crippen LogP contribution in [0.5, 0.6) is 0 Å². The fourth-order valence-electron chi connectivity index (χ4n) is 2.44. The minimum absolute atomic E-state index is 0.00207. The number of pyridine rings is 1. The molecule has 0 radical (unpaired) electrons. The SMILES string of the molecule is CCN(C(=O)O)c1nc2cccc(Cl)c2c(=O)n1-c1cccnc1. The number of carboxylic acid groups (broad SMARTS) is 1. The third-order valence-corrected chi connectivity index (χ3v) is 3.84. The van der Waals surface area contributed by atoms with Crippen LogP contribution in [0.1, 0.15) is 6.92 Å². The van der Waals surface area contributed by atoms with Gasteiger partial charge in [-0.3, -0.25) is 9.78 Å². The van der Waals surface area contributed by atoms with Crippen LogP contribution in [0, 0.1) is 0 Å². The largest absolute Gasteiger partial charge is 0.465 e. The Hall–Kier alpha value is -2.93. The van der Waals surface area contributed by atoms with Crippen molar-refractivity contribution in [3.63, 3.8) is 0 Å². The van der Waals surface area contributed by atoms with Crippen LogP contribution < -0.4 is 10.5 Å². The maximum absolute atomic E-state index is 13.0. The second-order valence-corrected chi connectivity index (χ2v) is 5.33. The molecule has 24 heavy (non-hydrogen) atoms. The fraction of sp³-hybridized carbons (Fsp3) is 0.125. The summed E-state index contributed by atoms with van der Waals surface area (Å²) in [5, 5.41) is 9.93.